The molecule has 0 atom stereocenters. The van der Waals surface area contributed by atoms with E-state index in [1.165, 1.54) is 51.4 Å². The lowest BCUT2D eigenvalue weighted by Gasteiger charge is -2.01. The molecule has 0 heterocycles. The van der Waals surface area contributed by atoms with E-state index in [0.717, 1.165) is 19.3 Å². The average Bonchev–Trinajstić information content (AvgIpc) is 2.60. The largest absolute Gasteiger partial charge is 0.550 e. The second kappa shape index (κ2) is 25.3. The number of carboxylic acids is 1. The van der Waals surface area contributed by atoms with E-state index in [-0.39, 0.29) is 19.6 Å². The van der Waals surface area contributed by atoms with Crippen molar-refractivity contribution in [2.75, 3.05) is 26.3 Å². The molecule has 0 aliphatic rings. The molecule has 0 saturated carbocycles. The average molecular weight is 360 g/mol. The van der Waals surface area contributed by atoms with E-state index >= 15 is 0 Å². The van der Waals surface area contributed by atoms with Crippen LogP contribution in [0.5, 0.6) is 0 Å². The van der Waals surface area contributed by atoms with Gasteiger partial charge >= 0.3 is 0 Å². The minimum absolute atomic E-state index is 0.194. The number of rotatable bonds is 17. The van der Waals surface area contributed by atoms with Gasteiger partial charge in [-0.2, -0.15) is 0 Å². The lowest BCUT2D eigenvalue weighted by Crippen LogP contribution is -2.85. The summed E-state index contributed by atoms with van der Waals surface area (Å²) in [5.74, 6) is -0.916. The molecule has 0 aromatic heterocycles. The van der Waals surface area contributed by atoms with Crippen molar-refractivity contribution in [1.82, 2.24) is 0 Å². The molecule has 25 heavy (non-hydrogen) atoms. The normalized spacial score (nSPS) is 10.7. The predicted molar refractivity (Wildman–Crippen MR) is 101 cm³/mol. The van der Waals surface area contributed by atoms with E-state index in [2.05, 4.69) is 19.1 Å². The number of aliphatic carboxylic acids is 1. The molecule has 0 unspecified atom stereocenters. The van der Waals surface area contributed by atoms with Gasteiger partial charge in [-0.3, -0.25) is 0 Å². The summed E-state index contributed by atoms with van der Waals surface area (Å²) < 4.78 is 0. The third-order valence-corrected chi connectivity index (χ3v) is 3.81. The molecule has 5 nitrogen and oxygen atoms in total. The number of aliphatic hydroxyl groups excluding tert-OH is 2. The molecule has 150 valence electrons. The van der Waals surface area contributed by atoms with Crippen LogP contribution in [0.3, 0.4) is 0 Å². The summed E-state index contributed by atoms with van der Waals surface area (Å²) in [5.41, 5.74) is 0. The van der Waals surface area contributed by atoms with Crippen LogP contribution in [0.2, 0.25) is 0 Å². The molecule has 0 aliphatic heterocycles. The van der Waals surface area contributed by atoms with Gasteiger partial charge in [-0.25, -0.2) is 0 Å². The molecule has 0 spiro atoms. The summed E-state index contributed by atoms with van der Waals surface area (Å²) in [6.45, 7) is 4.02. The van der Waals surface area contributed by atoms with Crippen molar-refractivity contribution in [3.8, 4) is 0 Å². The lowest BCUT2D eigenvalue weighted by molar-refractivity contribution is -0.657. The van der Waals surface area contributed by atoms with Crippen molar-refractivity contribution < 1.29 is 25.4 Å². The molecule has 0 amide bonds. The monoisotopic (exact) mass is 359 g/mol. The third-order valence-electron chi connectivity index (χ3n) is 3.81. The first kappa shape index (κ1) is 26.3. The summed E-state index contributed by atoms with van der Waals surface area (Å²) in [6, 6.07) is 0. The molecule has 0 rings (SSSR count). The number of carbonyl (C=O) groups is 1. The fourth-order valence-corrected chi connectivity index (χ4v) is 2.31. The zero-order valence-corrected chi connectivity index (χ0v) is 16.3. The summed E-state index contributed by atoms with van der Waals surface area (Å²) in [5, 5.41) is 28.4. The smallest absolute Gasteiger partial charge is 0.0991 e. The molecule has 0 aromatic rings. The Balaban J connectivity index is 0. The van der Waals surface area contributed by atoms with Gasteiger partial charge in [-0.15, -0.1) is 0 Å². The number of hydrogen-bond donors (Lipinski definition) is 3. The van der Waals surface area contributed by atoms with E-state index in [0.29, 0.717) is 13.1 Å². The Morgan fingerprint density at radius 2 is 1.32 bits per heavy atom. The number of allylic oxidation sites excluding steroid dienone is 2. The van der Waals surface area contributed by atoms with Crippen molar-refractivity contribution in [2.45, 2.75) is 84.0 Å². The first-order chi connectivity index (χ1) is 12.2. The maximum atomic E-state index is 10.2. The van der Waals surface area contributed by atoms with Gasteiger partial charge < -0.3 is 25.4 Å². The van der Waals surface area contributed by atoms with Crippen LogP contribution in [-0.2, 0) is 4.79 Å². The van der Waals surface area contributed by atoms with E-state index in [9.17, 15) is 9.90 Å². The van der Waals surface area contributed by atoms with Gasteiger partial charge in [0.25, 0.3) is 0 Å². The number of carboxylic acid groups (broad SMARTS) is 1. The highest BCUT2D eigenvalue weighted by molar-refractivity contribution is 5.63. The Morgan fingerprint density at radius 3 is 1.80 bits per heavy atom. The molecule has 0 saturated heterocycles. The standard InChI is InChI=1S/C16H30O2.C4H11NO2/c1-2-3-4-5-6-7-8-9-10-11-12-13-14-15-16(17)18;6-3-1-5-2-4-7/h7-8H,2-6,9-15H2,1H3,(H,17,18);5-7H,1-4H2. The van der Waals surface area contributed by atoms with Gasteiger partial charge in [0.2, 0.25) is 0 Å². The van der Waals surface area contributed by atoms with Crippen LogP contribution in [0.15, 0.2) is 12.2 Å². The van der Waals surface area contributed by atoms with Crippen molar-refractivity contribution in [1.29, 1.82) is 0 Å². The summed E-state index contributed by atoms with van der Waals surface area (Å²) in [6.07, 6.45) is 18.0. The highest BCUT2D eigenvalue weighted by atomic mass is 16.4. The molecule has 5 heteroatoms. The molecule has 4 N–H and O–H groups in total. The minimum Gasteiger partial charge on any atom is -0.550 e. The molecule has 0 radical (unpaired) electrons. The molecule has 0 bridgehead atoms. The Hall–Kier alpha value is -0.910. The minimum atomic E-state index is -0.916. The zero-order valence-electron chi connectivity index (χ0n) is 16.3. The topological polar surface area (TPSA) is 97.2 Å². The van der Waals surface area contributed by atoms with Crippen molar-refractivity contribution in [3.05, 3.63) is 12.2 Å². The summed E-state index contributed by atoms with van der Waals surface area (Å²) >= 11 is 0. The molecular weight excluding hydrogens is 318 g/mol. The van der Waals surface area contributed by atoms with Crippen LogP contribution in [0.1, 0.15) is 84.0 Å². The zero-order chi connectivity index (χ0) is 19.0. The van der Waals surface area contributed by atoms with Crippen LogP contribution in [0, 0.1) is 0 Å². The van der Waals surface area contributed by atoms with E-state index in [4.69, 9.17) is 10.2 Å². The summed E-state index contributed by atoms with van der Waals surface area (Å²) in [7, 11) is 0. The third kappa shape index (κ3) is 31.4. The van der Waals surface area contributed by atoms with Gasteiger partial charge in [0.15, 0.2) is 0 Å². The quantitative estimate of drug-likeness (QED) is 0.271. The number of unbranched alkanes of at least 4 members (excludes halogenated alkanes) is 9. The first-order valence-corrected chi connectivity index (χ1v) is 10.1. The highest BCUT2D eigenvalue weighted by Crippen LogP contribution is 2.08. The lowest BCUT2D eigenvalue weighted by atomic mass is 10.1. The number of nitrogens with two attached hydrogens (primary N) is 1. The second-order valence-electron chi connectivity index (χ2n) is 6.31. The fraction of sp³-hybridized carbons (Fsp3) is 0.850. The Labute approximate surface area is 154 Å². The van der Waals surface area contributed by atoms with Crippen LogP contribution < -0.4 is 10.4 Å². The van der Waals surface area contributed by atoms with Crippen LogP contribution in [0.25, 0.3) is 0 Å². The van der Waals surface area contributed by atoms with E-state index in [1.807, 2.05) is 5.32 Å². The molecule has 0 aliphatic carbocycles. The summed E-state index contributed by atoms with van der Waals surface area (Å²) in [4.78, 5) is 10.2. The molecule has 0 aromatic carbocycles. The van der Waals surface area contributed by atoms with Crippen molar-refractivity contribution in [3.63, 3.8) is 0 Å². The maximum Gasteiger partial charge on any atom is 0.0991 e. The fourth-order valence-electron chi connectivity index (χ4n) is 2.31. The van der Waals surface area contributed by atoms with Gasteiger partial charge in [0.05, 0.1) is 26.3 Å². The SMILES string of the molecule is CCCCCCC=CCCCCCCCC(=O)[O-].OCC[NH2+]CCO. The van der Waals surface area contributed by atoms with Gasteiger partial charge in [0, 0.05) is 5.97 Å². The Kier molecular flexibility index (Phi) is 26.7. The Bertz CT molecular complexity index is 279. The Morgan fingerprint density at radius 1 is 0.840 bits per heavy atom. The van der Waals surface area contributed by atoms with Crippen molar-refractivity contribution in [2.24, 2.45) is 0 Å². The van der Waals surface area contributed by atoms with Gasteiger partial charge in [0.1, 0.15) is 0 Å². The van der Waals surface area contributed by atoms with Gasteiger partial charge in [-0.1, -0.05) is 57.6 Å². The maximum absolute atomic E-state index is 10.2. The van der Waals surface area contributed by atoms with Crippen LogP contribution in [0.4, 0.5) is 0 Å². The predicted octanol–water partition coefficient (Wildman–Crippen LogP) is 1.53. The highest BCUT2D eigenvalue weighted by Gasteiger charge is 1.91. The first-order valence-electron chi connectivity index (χ1n) is 10.1. The second-order valence-corrected chi connectivity index (χ2v) is 6.31. The number of carbonyl (C=O) groups excluding carboxylic acids is 1. The van der Waals surface area contributed by atoms with Crippen molar-refractivity contribution >= 4 is 5.97 Å². The number of hydrogen-bond acceptors (Lipinski definition) is 4. The number of quaternary nitrogens is 1. The van der Waals surface area contributed by atoms with E-state index in [1.54, 1.807) is 0 Å². The van der Waals surface area contributed by atoms with E-state index < -0.39 is 5.97 Å². The molecule has 0 fully saturated rings. The van der Waals surface area contributed by atoms with Crippen LogP contribution in [-0.4, -0.2) is 42.5 Å². The number of aliphatic hydroxyl groups is 2. The van der Waals surface area contributed by atoms with Crippen LogP contribution >= 0.6 is 0 Å². The molecular formula is C20H41NO4. The van der Waals surface area contributed by atoms with Gasteiger partial charge in [-0.05, 0) is 38.5 Å².